The fourth-order valence-electron chi connectivity index (χ4n) is 8.92. The van der Waals surface area contributed by atoms with Gasteiger partial charge in [0, 0.05) is 50.1 Å². The van der Waals surface area contributed by atoms with E-state index < -0.39 is 11.1 Å². The molecule has 0 bridgehead atoms. The minimum absolute atomic E-state index is 0.0547. The maximum absolute atomic E-state index is 13.1. The molecule has 0 aromatic heterocycles. The van der Waals surface area contributed by atoms with Crippen LogP contribution in [-0.4, -0.2) is 98.4 Å². The summed E-state index contributed by atoms with van der Waals surface area (Å²) < 4.78 is 15.9. The molecule has 2 aliphatic rings. The van der Waals surface area contributed by atoms with Crippen LogP contribution in [-0.2, 0) is 9.47 Å². The standard InChI is InChI=1S/C44H80N2O2.C14H18N2O5/c1-4-6-8-10-12-14-16-18-20-22-24-26-28-30-32-34-39-46(44(47)48-42-43-37-36-38-45(3)41-43)40-35-33-31-29-27-25-23-21-19-17-15-13-11-9-7-5-2;1-15-8-2-3-11(9-15)10-20-14(17)21-13-6-4-12(5-7-13)16(18)19/h12-15,18-21,43H,4-11,16-17,22-42H2,1-3H3;4-7,11H,2-3,8-10H2,1H3/b14-12-,15-13-,20-18-,21-19-;. The van der Waals surface area contributed by atoms with Gasteiger partial charge in [-0.2, -0.15) is 0 Å². The summed E-state index contributed by atoms with van der Waals surface area (Å²) in [4.78, 5) is 41.3. The van der Waals surface area contributed by atoms with Gasteiger partial charge >= 0.3 is 12.2 Å². The van der Waals surface area contributed by atoms with Crippen molar-refractivity contribution in [1.82, 2.24) is 14.7 Å². The van der Waals surface area contributed by atoms with Crippen molar-refractivity contribution >= 4 is 17.9 Å². The van der Waals surface area contributed by atoms with Gasteiger partial charge in [-0.15, -0.1) is 0 Å². The number of likely N-dealkylation sites (tertiary alicyclic amines) is 2. The summed E-state index contributed by atoms with van der Waals surface area (Å²) >= 11 is 0. The maximum atomic E-state index is 13.1. The van der Waals surface area contributed by atoms with Crippen molar-refractivity contribution in [3.8, 4) is 5.75 Å². The zero-order chi connectivity index (χ0) is 49.8. The summed E-state index contributed by atoms with van der Waals surface area (Å²) in [5.41, 5.74) is -0.0547. The van der Waals surface area contributed by atoms with Crippen molar-refractivity contribution < 1.29 is 28.7 Å². The summed E-state index contributed by atoms with van der Waals surface area (Å²) in [6, 6.07) is 5.29. The Hall–Kier alpha value is -3.96. The maximum Gasteiger partial charge on any atom is 0.513 e. The van der Waals surface area contributed by atoms with Crippen LogP contribution < -0.4 is 4.74 Å². The minimum Gasteiger partial charge on any atom is -0.449 e. The molecular formula is C58H98N4O7. The molecule has 2 atom stereocenters. The largest absolute Gasteiger partial charge is 0.513 e. The number of non-ortho nitro benzene ring substituents is 1. The Morgan fingerprint density at radius 2 is 1.00 bits per heavy atom. The third kappa shape index (κ3) is 34.9. The van der Waals surface area contributed by atoms with Gasteiger partial charge in [-0.05, 0) is 142 Å². The van der Waals surface area contributed by atoms with Crippen LogP contribution in [0.1, 0.15) is 194 Å². The predicted octanol–water partition coefficient (Wildman–Crippen LogP) is 15.8. The highest BCUT2D eigenvalue weighted by Gasteiger charge is 2.22. The molecule has 11 heteroatoms. The highest BCUT2D eigenvalue weighted by molar-refractivity contribution is 5.67. The molecule has 1 amide bonds. The second kappa shape index (κ2) is 42.9. The number of nitro benzene ring substituents is 1. The molecular weight excluding hydrogens is 865 g/mol. The molecule has 69 heavy (non-hydrogen) atoms. The van der Waals surface area contributed by atoms with Gasteiger partial charge in [0.15, 0.2) is 0 Å². The van der Waals surface area contributed by atoms with Crippen LogP contribution in [0.25, 0.3) is 0 Å². The SMILES string of the molecule is CCCCC/C=C\C/C=C\CCCCCCCCN(CCCCCCCC/C=C\C/C=C\CCCCC)C(=O)OCC1CCCN(C)C1.CN1CCCC(COC(=O)Oc2ccc([N+](=O)[O-])cc2)C1. The van der Waals surface area contributed by atoms with Gasteiger partial charge in [-0.25, -0.2) is 9.59 Å². The fraction of sp³-hybridized carbons (Fsp3) is 0.724. The van der Waals surface area contributed by atoms with Gasteiger partial charge in [0.05, 0.1) is 18.1 Å². The molecule has 0 spiro atoms. The zero-order valence-electron chi connectivity index (χ0n) is 44.2. The van der Waals surface area contributed by atoms with Gasteiger partial charge in [0.25, 0.3) is 5.69 Å². The molecule has 3 rings (SSSR count). The molecule has 11 nitrogen and oxygen atoms in total. The molecule has 1 aromatic carbocycles. The molecule has 0 radical (unpaired) electrons. The first-order valence-corrected chi connectivity index (χ1v) is 27.7. The third-order valence-electron chi connectivity index (χ3n) is 13.1. The van der Waals surface area contributed by atoms with E-state index in [1.165, 1.54) is 166 Å². The monoisotopic (exact) mass is 963 g/mol. The Morgan fingerprint density at radius 3 is 1.42 bits per heavy atom. The summed E-state index contributed by atoms with van der Waals surface area (Å²) in [5, 5.41) is 10.5. The second-order valence-electron chi connectivity index (χ2n) is 19.7. The predicted molar refractivity (Wildman–Crippen MR) is 287 cm³/mol. The van der Waals surface area contributed by atoms with Crippen LogP contribution in [0.15, 0.2) is 72.9 Å². The number of carbonyl (C=O) groups is 2. The Kier molecular flexibility index (Phi) is 38.0. The summed E-state index contributed by atoms with van der Waals surface area (Å²) in [6.45, 7) is 11.3. The summed E-state index contributed by atoms with van der Waals surface area (Å²) in [5.74, 6) is 1.04. The molecule has 2 unspecified atom stereocenters. The van der Waals surface area contributed by atoms with Gasteiger partial charge in [0.2, 0.25) is 0 Å². The van der Waals surface area contributed by atoms with Crippen molar-refractivity contribution in [3.63, 3.8) is 0 Å². The van der Waals surface area contributed by atoms with E-state index in [1.807, 2.05) is 11.9 Å². The van der Waals surface area contributed by atoms with Crippen molar-refractivity contribution in [3.05, 3.63) is 83.0 Å². The first-order chi connectivity index (χ1) is 33.7. The number of nitrogens with zero attached hydrogens (tertiary/aromatic N) is 4. The molecule has 2 saturated heterocycles. The van der Waals surface area contributed by atoms with E-state index in [1.54, 1.807) is 0 Å². The van der Waals surface area contributed by atoms with E-state index in [4.69, 9.17) is 14.2 Å². The van der Waals surface area contributed by atoms with Crippen LogP contribution in [0.4, 0.5) is 15.3 Å². The number of amides is 1. The third-order valence-corrected chi connectivity index (χ3v) is 13.1. The van der Waals surface area contributed by atoms with E-state index in [9.17, 15) is 19.7 Å². The van der Waals surface area contributed by atoms with Gasteiger partial charge in [-0.1, -0.05) is 140 Å². The first-order valence-electron chi connectivity index (χ1n) is 27.7. The normalized spacial score (nSPS) is 16.9. The van der Waals surface area contributed by atoms with Crippen LogP contribution in [0.5, 0.6) is 5.75 Å². The number of nitro groups is 1. The lowest BCUT2D eigenvalue weighted by Gasteiger charge is -2.30. The van der Waals surface area contributed by atoms with Crippen molar-refractivity contribution in [2.45, 2.75) is 194 Å². The van der Waals surface area contributed by atoms with Crippen molar-refractivity contribution in [1.29, 1.82) is 0 Å². The number of hydrogen-bond donors (Lipinski definition) is 0. The Balaban J connectivity index is 0.000000640. The zero-order valence-corrected chi connectivity index (χ0v) is 44.2. The lowest BCUT2D eigenvalue weighted by atomic mass is 10.00. The topological polar surface area (TPSA) is 115 Å². The molecule has 2 heterocycles. The van der Waals surface area contributed by atoms with E-state index in [-0.39, 0.29) is 17.5 Å². The number of ether oxygens (including phenoxy) is 3. The van der Waals surface area contributed by atoms with E-state index >= 15 is 0 Å². The smallest absolute Gasteiger partial charge is 0.449 e. The van der Waals surface area contributed by atoms with Crippen LogP contribution in [0.2, 0.25) is 0 Å². The van der Waals surface area contributed by atoms with Gasteiger partial charge < -0.3 is 28.9 Å². The molecule has 0 saturated carbocycles. The number of hydrogen-bond acceptors (Lipinski definition) is 9. The lowest BCUT2D eigenvalue weighted by Crippen LogP contribution is -2.38. The highest BCUT2D eigenvalue weighted by atomic mass is 16.7. The Morgan fingerprint density at radius 1 is 0.594 bits per heavy atom. The molecule has 0 N–H and O–H groups in total. The first kappa shape index (κ1) is 61.2. The van der Waals surface area contributed by atoms with Crippen LogP contribution in [0.3, 0.4) is 0 Å². The average molecular weight is 963 g/mol. The van der Waals surface area contributed by atoms with Crippen molar-refractivity contribution in [2.24, 2.45) is 11.8 Å². The molecule has 392 valence electrons. The van der Waals surface area contributed by atoms with Crippen LogP contribution in [0, 0.1) is 22.0 Å². The molecule has 2 fully saturated rings. The lowest BCUT2D eigenvalue weighted by molar-refractivity contribution is -0.384. The quantitative estimate of drug-likeness (QED) is 0.0162. The van der Waals surface area contributed by atoms with E-state index in [0.717, 1.165) is 77.8 Å². The summed E-state index contributed by atoms with van der Waals surface area (Å²) in [6.07, 6.45) is 52.3. The Labute approximate surface area is 420 Å². The molecule has 1 aromatic rings. The number of carbonyl (C=O) groups excluding carboxylic acids is 2. The van der Waals surface area contributed by atoms with Gasteiger partial charge in [-0.3, -0.25) is 10.1 Å². The second-order valence-corrected chi connectivity index (χ2v) is 19.7. The number of piperidine rings is 2. The number of allylic oxidation sites excluding steroid dienone is 8. The van der Waals surface area contributed by atoms with Crippen molar-refractivity contribution in [2.75, 3.05) is 66.6 Å². The minimum atomic E-state index is -0.780. The Bertz CT molecular complexity index is 1500. The van der Waals surface area contributed by atoms with E-state index in [0.29, 0.717) is 25.0 Å². The highest BCUT2D eigenvalue weighted by Crippen LogP contribution is 2.20. The average Bonchev–Trinajstić information content (AvgIpc) is 3.34. The number of benzene rings is 1. The number of rotatable bonds is 36. The summed E-state index contributed by atoms with van der Waals surface area (Å²) in [7, 11) is 4.22. The van der Waals surface area contributed by atoms with E-state index in [2.05, 4.69) is 79.3 Å². The fourth-order valence-corrected chi connectivity index (χ4v) is 8.92. The molecule has 2 aliphatic heterocycles. The van der Waals surface area contributed by atoms with Gasteiger partial charge in [0.1, 0.15) is 5.75 Å². The van der Waals surface area contributed by atoms with Crippen LogP contribution >= 0.6 is 0 Å². The molecule has 0 aliphatic carbocycles. The number of unbranched alkanes of at least 4 members (excludes halogenated alkanes) is 18.